The summed E-state index contributed by atoms with van der Waals surface area (Å²) in [5.74, 6) is 1.07. The number of hydrogen-bond donors (Lipinski definition) is 1. The first-order chi connectivity index (χ1) is 9.24. The van der Waals surface area contributed by atoms with Gasteiger partial charge in [-0.15, -0.1) is 11.3 Å². The van der Waals surface area contributed by atoms with Gasteiger partial charge in [-0.2, -0.15) is 0 Å². The quantitative estimate of drug-likeness (QED) is 0.791. The van der Waals surface area contributed by atoms with Crippen LogP contribution in [0.4, 0.5) is 0 Å². The number of nitrogens with two attached hydrogens (primary N) is 1. The summed E-state index contributed by atoms with van der Waals surface area (Å²) in [4.78, 5) is 6.07. The van der Waals surface area contributed by atoms with E-state index in [2.05, 4.69) is 48.1 Å². The second-order valence-electron chi connectivity index (χ2n) is 4.64. The lowest BCUT2D eigenvalue weighted by atomic mass is 10.2. The topological polar surface area (TPSA) is 43.8 Å². The van der Waals surface area contributed by atoms with Crippen LogP contribution in [-0.4, -0.2) is 9.55 Å². The molecule has 2 heterocycles. The lowest BCUT2D eigenvalue weighted by Crippen LogP contribution is -1.98. The van der Waals surface area contributed by atoms with Crippen LogP contribution in [-0.2, 0) is 13.1 Å². The number of imidazole rings is 1. The second kappa shape index (κ2) is 4.79. The van der Waals surface area contributed by atoms with Gasteiger partial charge in [0.05, 0.1) is 15.9 Å². The van der Waals surface area contributed by atoms with E-state index in [0.29, 0.717) is 6.54 Å². The number of benzene rings is 1. The lowest BCUT2D eigenvalue weighted by molar-refractivity contribution is 0.797. The van der Waals surface area contributed by atoms with Gasteiger partial charge in [0.15, 0.2) is 5.82 Å². The van der Waals surface area contributed by atoms with E-state index in [1.165, 1.54) is 16.0 Å². The molecule has 3 rings (SSSR count). The maximum Gasteiger partial charge on any atom is 0.151 e. The summed E-state index contributed by atoms with van der Waals surface area (Å²) in [6.45, 7) is 5.77. The van der Waals surface area contributed by atoms with Gasteiger partial charge < -0.3 is 10.3 Å². The first-order valence-corrected chi connectivity index (χ1v) is 7.36. The van der Waals surface area contributed by atoms with Crippen LogP contribution in [0.1, 0.15) is 18.1 Å². The number of rotatable bonds is 3. The molecule has 0 saturated heterocycles. The van der Waals surface area contributed by atoms with Gasteiger partial charge in [-0.3, -0.25) is 0 Å². The molecule has 0 amide bonds. The van der Waals surface area contributed by atoms with E-state index in [-0.39, 0.29) is 0 Å². The summed E-state index contributed by atoms with van der Waals surface area (Å²) in [5.41, 5.74) is 10.3. The highest BCUT2D eigenvalue weighted by molar-refractivity contribution is 7.13. The predicted molar refractivity (Wildman–Crippen MR) is 81.3 cm³/mol. The summed E-state index contributed by atoms with van der Waals surface area (Å²) in [5, 5.41) is 2.12. The minimum Gasteiger partial charge on any atom is -0.326 e. The monoisotopic (exact) mass is 271 g/mol. The Morgan fingerprint density at radius 1 is 1.32 bits per heavy atom. The molecule has 0 aliphatic rings. The first-order valence-electron chi connectivity index (χ1n) is 6.48. The highest BCUT2D eigenvalue weighted by Gasteiger charge is 2.14. The van der Waals surface area contributed by atoms with Crippen molar-refractivity contribution in [1.29, 1.82) is 0 Å². The molecule has 0 saturated carbocycles. The lowest BCUT2D eigenvalue weighted by Gasteiger charge is -2.05. The smallest absolute Gasteiger partial charge is 0.151 e. The van der Waals surface area contributed by atoms with Crippen molar-refractivity contribution in [1.82, 2.24) is 9.55 Å². The Morgan fingerprint density at radius 2 is 2.16 bits per heavy atom. The van der Waals surface area contributed by atoms with E-state index in [9.17, 15) is 0 Å². The Morgan fingerprint density at radius 3 is 2.79 bits per heavy atom. The van der Waals surface area contributed by atoms with Crippen molar-refractivity contribution in [3.8, 4) is 10.7 Å². The van der Waals surface area contributed by atoms with E-state index in [1.807, 2.05) is 0 Å². The van der Waals surface area contributed by atoms with Crippen LogP contribution < -0.4 is 5.73 Å². The van der Waals surface area contributed by atoms with Crippen LogP contribution in [0.15, 0.2) is 29.6 Å². The SMILES string of the molecule is CCn1c(-c2sccc2C)nc2cc(CN)ccc21. The third-order valence-electron chi connectivity index (χ3n) is 3.43. The average Bonchev–Trinajstić information content (AvgIpc) is 3.00. The van der Waals surface area contributed by atoms with Crippen LogP contribution in [0.25, 0.3) is 21.7 Å². The molecule has 0 radical (unpaired) electrons. The van der Waals surface area contributed by atoms with Gasteiger partial charge in [-0.1, -0.05) is 6.07 Å². The maximum atomic E-state index is 5.70. The fourth-order valence-electron chi connectivity index (χ4n) is 2.40. The Bertz CT molecular complexity index is 724. The molecule has 98 valence electrons. The van der Waals surface area contributed by atoms with Crippen molar-refractivity contribution in [3.05, 3.63) is 40.8 Å². The standard InChI is InChI=1S/C15H17N3S/c1-3-18-13-5-4-11(9-16)8-12(13)17-15(18)14-10(2)6-7-19-14/h4-8H,3,9,16H2,1-2H3. The molecule has 0 bridgehead atoms. The van der Waals surface area contributed by atoms with Crippen LogP contribution in [0.2, 0.25) is 0 Å². The normalized spacial score (nSPS) is 11.3. The highest BCUT2D eigenvalue weighted by Crippen LogP contribution is 2.31. The Hall–Kier alpha value is -1.65. The van der Waals surface area contributed by atoms with Gasteiger partial charge in [-0.25, -0.2) is 4.98 Å². The number of aryl methyl sites for hydroxylation is 2. The number of nitrogens with zero attached hydrogens (tertiary/aromatic N) is 2. The number of aromatic nitrogens is 2. The van der Waals surface area contributed by atoms with Gasteiger partial charge in [-0.05, 0) is 48.6 Å². The summed E-state index contributed by atoms with van der Waals surface area (Å²) >= 11 is 1.75. The van der Waals surface area contributed by atoms with E-state index < -0.39 is 0 Å². The Labute approximate surface area is 116 Å². The molecule has 0 unspecified atom stereocenters. The van der Waals surface area contributed by atoms with Gasteiger partial charge in [0.25, 0.3) is 0 Å². The average molecular weight is 271 g/mol. The van der Waals surface area contributed by atoms with Crippen LogP contribution in [0.5, 0.6) is 0 Å². The van der Waals surface area contributed by atoms with E-state index in [4.69, 9.17) is 10.7 Å². The number of thiophene rings is 1. The first kappa shape index (κ1) is 12.4. The van der Waals surface area contributed by atoms with Crippen LogP contribution >= 0.6 is 11.3 Å². The van der Waals surface area contributed by atoms with E-state index in [1.54, 1.807) is 11.3 Å². The summed E-state index contributed by atoms with van der Waals surface area (Å²) < 4.78 is 2.27. The molecule has 4 heteroatoms. The fourth-order valence-corrected chi connectivity index (χ4v) is 3.32. The fraction of sp³-hybridized carbons (Fsp3) is 0.267. The third kappa shape index (κ3) is 1.97. The molecular weight excluding hydrogens is 254 g/mol. The summed E-state index contributed by atoms with van der Waals surface area (Å²) in [6.07, 6.45) is 0. The zero-order chi connectivity index (χ0) is 13.4. The maximum absolute atomic E-state index is 5.70. The molecule has 0 aliphatic carbocycles. The minimum atomic E-state index is 0.558. The molecule has 3 aromatic rings. The van der Waals surface area contributed by atoms with Crippen molar-refractivity contribution >= 4 is 22.4 Å². The van der Waals surface area contributed by atoms with Crippen LogP contribution in [0.3, 0.4) is 0 Å². The van der Waals surface area contributed by atoms with Crippen LogP contribution in [0, 0.1) is 6.92 Å². The van der Waals surface area contributed by atoms with Crippen molar-refractivity contribution in [2.75, 3.05) is 0 Å². The summed E-state index contributed by atoms with van der Waals surface area (Å²) in [7, 11) is 0. The molecule has 2 N–H and O–H groups in total. The van der Waals surface area contributed by atoms with Gasteiger partial charge in [0, 0.05) is 13.1 Å². The van der Waals surface area contributed by atoms with Gasteiger partial charge in [0.1, 0.15) is 0 Å². The Balaban J connectivity index is 2.27. The van der Waals surface area contributed by atoms with Crippen molar-refractivity contribution < 1.29 is 0 Å². The molecule has 0 aliphatic heterocycles. The predicted octanol–water partition coefficient (Wildman–Crippen LogP) is 3.55. The molecule has 0 spiro atoms. The molecule has 0 fully saturated rings. The highest BCUT2D eigenvalue weighted by atomic mass is 32.1. The molecule has 0 atom stereocenters. The summed E-state index contributed by atoms with van der Waals surface area (Å²) in [6, 6.07) is 8.44. The minimum absolute atomic E-state index is 0.558. The molecule has 19 heavy (non-hydrogen) atoms. The molecular formula is C15H17N3S. The zero-order valence-corrected chi connectivity index (χ0v) is 12.0. The molecule has 2 aromatic heterocycles. The van der Waals surface area contributed by atoms with Gasteiger partial charge in [0.2, 0.25) is 0 Å². The van der Waals surface area contributed by atoms with E-state index in [0.717, 1.165) is 23.4 Å². The van der Waals surface area contributed by atoms with Gasteiger partial charge >= 0.3 is 0 Å². The largest absolute Gasteiger partial charge is 0.326 e. The second-order valence-corrected chi connectivity index (χ2v) is 5.56. The Kier molecular flexibility index (Phi) is 3.12. The number of fused-ring (bicyclic) bond motifs is 1. The van der Waals surface area contributed by atoms with Crippen molar-refractivity contribution in [3.63, 3.8) is 0 Å². The number of hydrogen-bond acceptors (Lipinski definition) is 3. The van der Waals surface area contributed by atoms with Crippen molar-refractivity contribution in [2.45, 2.75) is 26.9 Å². The van der Waals surface area contributed by atoms with Crippen molar-refractivity contribution in [2.24, 2.45) is 5.73 Å². The zero-order valence-electron chi connectivity index (χ0n) is 11.2. The third-order valence-corrected chi connectivity index (χ3v) is 4.44. The molecule has 3 nitrogen and oxygen atoms in total. The molecule has 1 aromatic carbocycles. The van der Waals surface area contributed by atoms with E-state index >= 15 is 0 Å².